The second kappa shape index (κ2) is 6.83. The zero-order valence-electron chi connectivity index (χ0n) is 12.3. The van der Waals surface area contributed by atoms with Crippen LogP contribution < -0.4 is 5.56 Å². The summed E-state index contributed by atoms with van der Waals surface area (Å²) in [6, 6.07) is 12.2. The number of hydrogen-bond acceptors (Lipinski definition) is 3. The standard InChI is InChI=1S/C16H19N3O2/c1-3-18(12-14-8-5-4-6-9-14)16(21)13(2)19-15(20)10-7-11-17-19/h4-11,13H,3,12H2,1-2H3/t13-/m0/s1. The number of rotatable bonds is 5. The van der Waals surface area contributed by atoms with Crippen molar-refractivity contribution in [1.82, 2.24) is 14.7 Å². The molecule has 1 atom stereocenters. The van der Waals surface area contributed by atoms with Crippen LogP contribution in [0.25, 0.3) is 0 Å². The second-order valence-corrected chi connectivity index (χ2v) is 4.82. The lowest BCUT2D eigenvalue weighted by molar-refractivity contribution is -0.135. The summed E-state index contributed by atoms with van der Waals surface area (Å²) in [7, 11) is 0. The van der Waals surface area contributed by atoms with Gasteiger partial charge in [0.15, 0.2) is 0 Å². The molecule has 0 saturated carbocycles. The molecule has 2 rings (SSSR count). The van der Waals surface area contributed by atoms with E-state index in [0.717, 1.165) is 5.56 Å². The number of nitrogens with zero attached hydrogens (tertiary/aromatic N) is 3. The average Bonchev–Trinajstić information content (AvgIpc) is 2.53. The maximum Gasteiger partial charge on any atom is 0.267 e. The number of benzene rings is 1. The van der Waals surface area contributed by atoms with Gasteiger partial charge in [-0.2, -0.15) is 5.10 Å². The quantitative estimate of drug-likeness (QED) is 0.842. The molecule has 0 bridgehead atoms. The highest BCUT2D eigenvalue weighted by Crippen LogP contribution is 2.10. The van der Waals surface area contributed by atoms with Gasteiger partial charge in [0.05, 0.1) is 0 Å². The van der Waals surface area contributed by atoms with E-state index in [-0.39, 0.29) is 11.5 Å². The predicted molar refractivity (Wildman–Crippen MR) is 80.7 cm³/mol. The van der Waals surface area contributed by atoms with Gasteiger partial charge < -0.3 is 4.90 Å². The Morgan fingerprint density at radius 3 is 2.57 bits per heavy atom. The molecule has 5 nitrogen and oxygen atoms in total. The number of hydrogen-bond donors (Lipinski definition) is 0. The number of carbonyl (C=O) groups excluding carboxylic acids is 1. The first-order chi connectivity index (χ1) is 10.1. The normalized spacial score (nSPS) is 11.9. The van der Waals surface area contributed by atoms with Gasteiger partial charge in [-0.05, 0) is 25.5 Å². The molecule has 0 spiro atoms. The summed E-state index contributed by atoms with van der Waals surface area (Å²) in [5.41, 5.74) is 0.794. The molecule has 0 aliphatic heterocycles. The van der Waals surface area contributed by atoms with E-state index in [1.54, 1.807) is 17.9 Å². The fourth-order valence-corrected chi connectivity index (χ4v) is 2.18. The molecule has 110 valence electrons. The van der Waals surface area contributed by atoms with Crippen LogP contribution in [0.4, 0.5) is 0 Å². The smallest absolute Gasteiger partial charge is 0.267 e. The van der Waals surface area contributed by atoms with Crippen molar-refractivity contribution in [1.29, 1.82) is 0 Å². The molecule has 5 heteroatoms. The molecule has 0 aliphatic rings. The number of likely N-dealkylation sites (N-methyl/N-ethyl adjacent to an activating group) is 1. The molecule has 1 aromatic heterocycles. The highest BCUT2D eigenvalue weighted by molar-refractivity contribution is 5.79. The van der Waals surface area contributed by atoms with Crippen LogP contribution in [0, 0.1) is 0 Å². The minimum absolute atomic E-state index is 0.109. The maximum absolute atomic E-state index is 12.6. The molecule has 0 radical (unpaired) electrons. The van der Waals surface area contributed by atoms with Gasteiger partial charge in [0, 0.05) is 25.4 Å². The van der Waals surface area contributed by atoms with E-state index >= 15 is 0 Å². The number of aromatic nitrogens is 2. The maximum atomic E-state index is 12.6. The Bertz CT molecular complexity index is 652. The summed E-state index contributed by atoms with van der Waals surface area (Å²) in [6.45, 7) is 4.74. The van der Waals surface area contributed by atoms with Gasteiger partial charge >= 0.3 is 0 Å². The van der Waals surface area contributed by atoms with E-state index in [1.807, 2.05) is 37.3 Å². The molecule has 0 N–H and O–H groups in total. The molecule has 0 aliphatic carbocycles. The first-order valence-electron chi connectivity index (χ1n) is 7.00. The van der Waals surface area contributed by atoms with Crippen LogP contribution in [-0.2, 0) is 11.3 Å². The summed E-state index contributed by atoms with van der Waals surface area (Å²) in [5, 5.41) is 3.98. The molecule has 1 aromatic carbocycles. The SMILES string of the molecule is CCN(Cc1ccccc1)C(=O)[C@H](C)n1ncccc1=O. The molecule has 2 aromatic rings. The summed E-state index contributed by atoms with van der Waals surface area (Å²) >= 11 is 0. The van der Waals surface area contributed by atoms with Gasteiger partial charge in [-0.1, -0.05) is 30.3 Å². The largest absolute Gasteiger partial charge is 0.337 e. The zero-order chi connectivity index (χ0) is 15.2. The predicted octanol–water partition coefficient (Wildman–Crippen LogP) is 1.85. The first kappa shape index (κ1) is 15.0. The third-order valence-electron chi connectivity index (χ3n) is 3.38. The monoisotopic (exact) mass is 285 g/mol. The van der Waals surface area contributed by atoms with Crippen LogP contribution >= 0.6 is 0 Å². The van der Waals surface area contributed by atoms with E-state index in [9.17, 15) is 9.59 Å². The van der Waals surface area contributed by atoms with E-state index in [1.165, 1.54) is 16.9 Å². The van der Waals surface area contributed by atoms with E-state index in [2.05, 4.69) is 5.10 Å². The van der Waals surface area contributed by atoms with E-state index in [0.29, 0.717) is 13.1 Å². The lowest BCUT2D eigenvalue weighted by Gasteiger charge is -2.24. The van der Waals surface area contributed by atoms with Crippen LogP contribution in [-0.4, -0.2) is 27.1 Å². The van der Waals surface area contributed by atoms with Crippen LogP contribution in [0.2, 0.25) is 0 Å². The van der Waals surface area contributed by atoms with Crippen molar-refractivity contribution in [2.45, 2.75) is 26.4 Å². The Morgan fingerprint density at radius 1 is 1.24 bits per heavy atom. The summed E-state index contributed by atoms with van der Waals surface area (Å²) < 4.78 is 1.22. The van der Waals surface area contributed by atoms with Gasteiger partial charge in [-0.15, -0.1) is 0 Å². The highest BCUT2D eigenvalue weighted by Gasteiger charge is 2.22. The molecule has 0 unspecified atom stereocenters. The van der Waals surface area contributed by atoms with Crippen molar-refractivity contribution in [3.8, 4) is 0 Å². The molecule has 0 saturated heterocycles. The highest BCUT2D eigenvalue weighted by atomic mass is 16.2. The van der Waals surface area contributed by atoms with Gasteiger partial charge in [0.2, 0.25) is 5.91 Å². The van der Waals surface area contributed by atoms with Crippen LogP contribution in [0.5, 0.6) is 0 Å². The van der Waals surface area contributed by atoms with Crippen molar-refractivity contribution >= 4 is 5.91 Å². The number of amides is 1. The Labute approximate surface area is 123 Å². The fourth-order valence-electron chi connectivity index (χ4n) is 2.18. The first-order valence-corrected chi connectivity index (χ1v) is 7.00. The summed E-state index contributed by atoms with van der Waals surface area (Å²) in [5.74, 6) is -0.109. The molecule has 21 heavy (non-hydrogen) atoms. The van der Waals surface area contributed by atoms with Crippen molar-refractivity contribution in [3.05, 3.63) is 64.6 Å². The Kier molecular flexibility index (Phi) is 4.87. The van der Waals surface area contributed by atoms with Crippen LogP contribution in [0.15, 0.2) is 53.5 Å². The molecule has 1 heterocycles. The molecular weight excluding hydrogens is 266 g/mol. The minimum atomic E-state index is -0.609. The lowest BCUT2D eigenvalue weighted by Crippen LogP contribution is -2.39. The second-order valence-electron chi connectivity index (χ2n) is 4.82. The third-order valence-corrected chi connectivity index (χ3v) is 3.38. The fraction of sp³-hybridized carbons (Fsp3) is 0.312. The van der Waals surface area contributed by atoms with E-state index < -0.39 is 6.04 Å². The van der Waals surface area contributed by atoms with Crippen molar-refractivity contribution in [3.63, 3.8) is 0 Å². The minimum Gasteiger partial charge on any atom is -0.337 e. The Hall–Kier alpha value is -2.43. The number of carbonyl (C=O) groups is 1. The van der Waals surface area contributed by atoms with Crippen molar-refractivity contribution in [2.24, 2.45) is 0 Å². The zero-order valence-corrected chi connectivity index (χ0v) is 12.3. The summed E-state index contributed by atoms with van der Waals surface area (Å²) in [4.78, 5) is 26.0. The lowest BCUT2D eigenvalue weighted by atomic mass is 10.2. The summed E-state index contributed by atoms with van der Waals surface area (Å²) in [6.07, 6.45) is 1.51. The van der Waals surface area contributed by atoms with Gasteiger partial charge in [-0.3, -0.25) is 9.59 Å². The Morgan fingerprint density at radius 2 is 1.95 bits per heavy atom. The van der Waals surface area contributed by atoms with Gasteiger partial charge in [-0.25, -0.2) is 4.68 Å². The topological polar surface area (TPSA) is 55.2 Å². The Balaban J connectivity index is 2.17. The molecular formula is C16H19N3O2. The van der Waals surface area contributed by atoms with Gasteiger partial charge in [0.25, 0.3) is 5.56 Å². The third kappa shape index (κ3) is 3.56. The molecule has 1 amide bonds. The van der Waals surface area contributed by atoms with E-state index in [4.69, 9.17) is 0 Å². The van der Waals surface area contributed by atoms with Crippen LogP contribution in [0.1, 0.15) is 25.5 Å². The van der Waals surface area contributed by atoms with Crippen LogP contribution in [0.3, 0.4) is 0 Å². The van der Waals surface area contributed by atoms with Gasteiger partial charge in [0.1, 0.15) is 6.04 Å². The van der Waals surface area contributed by atoms with Crippen molar-refractivity contribution < 1.29 is 4.79 Å². The van der Waals surface area contributed by atoms with Crippen molar-refractivity contribution in [2.75, 3.05) is 6.54 Å². The molecule has 0 fully saturated rings. The average molecular weight is 285 g/mol.